The number of ether oxygens (including phenoxy) is 1. The Kier molecular flexibility index (Phi) is 5.37. The maximum Gasteiger partial charge on any atom is 0.331 e. The van der Waals surface area contributed by atoms with Crippen molar-refractivity contribution in [3.05, 3.63) is 93.3 Å². The second-order valence-electron chi connectivity index (χ2n) is 6.28. The zero-order valence-electron chi connectivity index (χ0n) is 15.6. The molecule has 0 saturated heterocycles. The molecule has 0 aliphatic carbocycles. The molecule has 0 aliphatic heterocycles. The molecular weight excluding hydrogens is 392 g/mol. The predicted molar refractivity (Wildman–Crippen MR) is 102 cm³/mol. The lowest BCUT2D eigenvalue weighted by Gasteiger charge is -2.09. The Balaban J connectivity index is 1.42. The van der Waals surface area contributed by atoms with Crippen LogP contribution in [0.5, 0.6) is 0 Å². The minimum absolute atomic E-state index is 0.0525. The lowest BCUT2D eigenvalue weighted by Crippen LogP contribution is -2.41. The van der Waals surface area contributed by atoms with Crippen molar-refractivity contribution in [2.75, 3.05) is 0 Å². The van der Waals surface area contributed by atoms with Gasteiger partial charge in [0.1, 0.15) is 6.54 Å². The third kappa shape index (κ3) is 4.27. The van der Waals surface area contributed by atoms with Gasteiger partial charge in [-0.05, 0) is 17.7 Å². The van der Waals surface area contributed by atoms with Gasteiger partial charge >= 0.3 is 11.7 Å². The molecule has 4 rings (SSSR count). The molecule has 0 aliphatic rings. The van der Waals surface area contributed by atoms with Crippen molar-refractivity contribution in [2.45, 2.75) is 19.7 Å². The minimum atomic E-state index is -0.788. The first-order chi connectivity index (χ1) is 14.6. The average Bonchev–Trinajstić information content (AvgIpc) is 3.44. The summed E-state index contributed by atoms with van der Waals surface area (Å²) in [6.07, 6.45) is 2.86. The predicted octanol–water partition coefficient (Wildman–Crippen LogP) is 1.44. The van der Waals surface area contributed by atoms with Crippen LogP contribution < -0.4 is 11.2 Å². The Morgan fingerprint density at radius 1 is 1.03 bits per heavy atom. The van der Waals surface area contributed by atoms with Gasteiger partial charge in [0.2, 0.25) is 0 Å². The number of carbonyl (C=O) groups is 1. The van der Waals surface area contributed by atoms with Crippen LogP contribution in [-0.2, 0) is 29.2 Å². The summed E-state index contributed by atoms with van der Waals surface area (Å²) in [5.74, 6) is -0.204. The number of hydrogen-bond donors (Lipinski definition) is 0. The van der Waals surface area contributed by atoms with Crippen molar-refractivity contribution in [2.24, 2.45) is 0 Å². The van der Waals surface area contributed by atoms with Gasteiger partial charge in [-0.1, -0.05) is 30.3 Å². The minimum Gasteiger partial charge on any atom is -0.459 e. The van der Waals surface area contributed by atoms with Crippen LogP contribution in [0, 0.1) is 0 Å². The van der Waals surface area contributed by atoms with E-state index in [-0.39, 0.29) is 24.9 Å². The number of aromatic nitrogens is 4. The first-order valence-electron chi connectivity index (χ1n) is 8.96. The lowest BCUT2D eigenvalue weighted by atomic mass is 10.2. The van der Waals surface area contributed by atoms with Crippen LogP contribution in [0.1, 0.15) is 11.5 Å². The van der Waals surface area contributed by atoms with Crippen molar-refractivity contribution >= 4 is 5.97 Å². The highest BCUT2D eigenvalue weighted by Gasteiger charge is 2.15. The van der Waals surface area contributed by atoms with Crippen molar-refractivity contribution < 1.29 is 18.4 Å². The van der Waals surface area contributed by atoms with Gasteiger partial charge in [0.25, 0.3) is 17.3 Å². The first-order valence-corrected chi connectivity index (χ1v) is 8.96. The van der Waals surface area contributed by atoms with Crippen LogP contribution in [0.15, 0.2) is 79.4 Å². The number of nitrogens with zero attached hydrogens (tertiary/aromatic N) is 4. The van der Waals surface area contributed by atoms with E-state index in [2.05, 4.69) is 10.2 Å². The molecule has 0 fully saturated rings. The third-order valence-electron chi connectivity index (χ3n) is 4.18. The fourth-order valence-electron chi connectivity index (χ4n) is 2.73. The number of benzene rings is 1. The van der Waals surface area contributed by atoms with Crippen LogP contribution in [0.4, 0.5) is 0 Å². The fraction of sp³-hybridized carbons (Fsp3) is 0.150. The fourth-order valence-corrected chi connectivity index (χ4v) is 2.73. The number of rotatable bonds is 7. The van der Waals surface area contributed by atoms with E-state index in [9.17, 15) is 14.4 Å². The Bertz CT molecular complexity index is 1250. The first kappa shape index (κ1) is 19.1. The summed E-state index contributed by atoms with van der Waals surface area (Å²) in [5, 5.41) is 7.55. The van der Waals surface area contributed by atoms with Gasteiger partial charge in [-0.3, -0.25) is 14.2 Å². The second kappa shape index (κ2) is 8.43. The molecule has 10 heteroatoms. The van der Waals surface area contributed by atoms with Gasteiger partial charge in [-0.25, -0.2) is 9.36 Å². The molecule has 0 atom stereocenters. The topological polar surface area (TPSA) is 122 Å². The quantitative estimate of drug-likeness (QED) is 0.421. The van der Waals surface area contributed by atoms with Crippen LogP contribution in [0.2, 0.25) is 0 Å². The number of furan rings is 1. The zero-order valence-corrected chi connectivity index (χ0v) is 15.6. The highest BCUT2D eigenvalue weighted by molar-refractivity contribution is 5.69. The Morgan fingerprint density at radius 2 is 1.87 bits per heavy atom. The van der Waals surface area contributed by atoms with Gasteiger partial charge in [-0.15, -0.1) is 10.2 Å². The van der Waals surface area contributed by atoms with Gasteiger partial charge in [0.15, 0.2) is 12.4 Å². The lowest BCUT2D eigenvalue weighted by molar-refractivity contribution is -0.146. The van der Waals surface area contributed by atoms with E-state index in [1.807, 2.05) is 30.3 Å². The number of esters is 1. The molecule has 0 bridgehead atoms. The van der Waals surface area contributed by atoms with Crippen molar-refractivity contribution in [3.8, 4) is 11.7 Å². The molecule has 152 valence electrons. The van der Waals surface area contributed by atoms with Crippen molar-refractivity contribution in [3.63, 3.8) is 0 Å². The molecule has 0 spiro atoms. The second-order valence-corrected chi connectivity index (χ2v) is 6.28. The maximum absolute atomic E-state index is 12.6. The third-order valence-corrected chi connectivity index (χ3v) is 4.18. The highest BCUT2D eigenvalue weighted by Crippen LogP contribution is 2.18. The van der Waals surface area contributed by atoms with E-state index in [0.717, 1.165) is 10.1 Å². The Hall–Kier alpha value is -4.21. The molecule has 30 heavy (non-hydrogen) atoms. The molecule has 3 heterocycles. The zero-order chi connectivity index (χ0) is 20.9. The molecule has 0 unspecified atom stereocenters. The van der Waals surface area contributed by atoms with Crippen molar-refractivity contribution in [1.29, 1.82) is 0 Å². The van der Waals surface area contributed by atoms with Crippen LogP contribution in [0.3, 0.4) is 0 Å². The summed E-state index contributed by atoms with van der Waals surface area (Å²) in [6, 6.07) is 13.8. The van der Waals surface area contributed by atoms with E-state index < -0.39 is 23.8 Å². The molecule has 0 N–H and O–H groups in total. The van der Waals surface area contributed by atoms with E-state index in [1.165, 1.54) is 23.1 Å². The van der Waals surface area contributed by atoms with E-state index >= 15 is 0 Å². The molecule has 0 amide bonds. The maximum atomic E-state index is 12.6. The SMILES string of the molecule is O=C(Cn1c(=O)ccn(Cc2ccccc2)c1=O)OCc1nnc(-c2ccco2)o1. The van der Waals surface area contributed by atoms with Gasteiger partial charge in [-0.2, -0.15) is 0 Å². The Labute approximate surface area is 169 Å². The van der Waals surface area contributed by atoms with Gasteiger partial charge < -0.3 is 13.6 Å². The summed E-state index contributed by atoms with van der Waals surface area (Å²) in [6.45, 7) is -0.564. The molecule has 3 aromatic heterocycles. The summed E-state index contributed by atoms with van der Waals surface area (Å²) >= 11 is 0. The van der Waals surface area contributed by atoms with E-state index in [1.54, 1.807) is 12.1 Å². The standard InChI is InChI=1S/C20H16N4O6/c25-17-8-9-23(11-14-5-2-1-3-6-14)20(27)24(17)12-18(26)29-13-16-21-22-19(30-16)15-7-4-10-28-15/h1-10H,11-13H2. The molecule has 0 saturated carbocycles. The van der Waals surface area contributed by atoms with Crippen LogP contribution in [-0.4, -0.2) is 25.3 Å². The van der Waals surface area contributed by atoms with E-state index in [4.69, 9.17) is 13.6 Å². The summed E-state index contributed by atoms with van der Waals surface area (Å²) < 4.78 is 17.7. The average molecular weight is 408 g/mol. The van der Waals surface area contributed by atoms with Gasteiger partial charge in [0.05, 0.1) is 12.8 Å². The molecule has 4 aromatic rings. The molecule has 0 radical (unpaired) electrons. The number of carbonyl (C=O) groups excluding carboxylic acids is 1. The molecule has 1 aromatic carbocycles. The largest absolute Gasteiger partial charge is 0.459 e. The van der Waals surface area contributed by atoms with Crippen molar-refractivity contribution in [1.82, 2.24) is 19.3 Å². The Morgan fingerprint density at radius 3 is 2.63 bits per heavy atom. The van der Waals surface area contributed by atoms with Crippen LogP contribution in [0.25, 0.3) is 11.7 Å². The summed E-state index contributed by atoms with van der Waals surface area (Å²) in [5.41, 5.74) is -0.323. The number of hydrogen-bond acceptors (Lipinski definition) is 8. The smallest absolute Gasteiger partial charge is 0.331 e. The normalized spacial score (nSPS) is 10.8. The van der Waals surface area contributed by atoms with E-state index in [0.29, 0.717) is 5.76 Å². The molecule has 10 nitrogen and oxygen atoms in total. The monoisotopic (exact) mass is 408 g/mol. The van der Waals surface area contributed by atoms with Crippen LogP contribution >= 0.6 is 0 Å². The summed E-state index contributed by atoms with van der Waals surface area (Å²) in [4.78, 5) is 36.8. The highest BCUT2D eigenvalue weighted by atomic mass is 16.5. The molecular formula is C20H16N4O6. The summed E-state index contributed by atoms with van der Waals surface area (Å²) in [7, 11) is 0. The van der Waals surface area contributed by atoms with Gasteiger partial charge in [0, 0.05) is 12.3 Å².